The van der Waals surface area contributed by atoms with Gasteiger partial charge in [-0.2, -0.15) is 0 Å². The first kappa shape index (κ1) is 14.2. The summed E-state index contributed by atoms with van der Waals surface area (Å²) in [6.45, 7) is 0. The summed E-state index contributed by atoms with van der Waals surface area (Å²) in [5.41, 5.74) is 1.06. The number of benzene rings is 2. The second-order valence-electron chi connectivity index (χ2n) is 4.13. The summed E-state index contributed by atoms with van der Waals surface area (Å²) in [7, 11) is 1.54. The van der Waals surface area contributed by atoms with E-state index in [9.17, 15) is 9.90 Å². The predicted molar refractivity (Wildman–Crippen MR) is 79.5 cm³/mol. The van der Waals surface area contributed by atoms with Crippen LogP contribution in [0.15, 0.2) is 48.5 Å². The molecular formula is C16H13ClO3. The largest absolute Gasteiger partial charge is 0.507 e. The first-order valence-corrected chi connectivity index (χ1v) is 6.33. The number of phenols is 1. The lowest BCUT2D eigenvalue weighted by Gasteiger charge is -2.03. The van der Waals surface area contributed by atoms with Crippen LogP contribution in [0.4, 0.5) is 0 Å². The number of carbonyl (C=O) groups excluding carboxylic acids is 1. The Morgan fingerprint density at radius 3 is 2.55 bits per heavy atom. The number of ether oxygens (including phenoxy) is 1. The molecule has 0 aliphatic heterocycles. The number of methoxy groups -OCH3 is 1. The molecule has 0 spiro atoms. The van der Waals surface area contributed by atoms with Gasteiger partial charge in [0.25, 0.3) is 0 Å². The van der Waals surface area contributed by atoms with E-state index in [4.69, 9.17) is 16.3 Å². The maximum Gasteiger partial charge on any atom is 0.185 e. The van der Waals surface area contributed by atoms with E-state index < -0.39 is 0 Å². The molecule has 0 amide bonds. The molecule has 2 rings (SSSR count). The lowest BCUT2D eigenvalue weighted by atomic mass is 10.1. The molecule has 102 valence electrons. The minimum absolute atomic E-state index is 0.0888. The number of allylic oxidation sites excluding steroid dienone is 1. The number of halogens is 1. The highest BCUT2D eigenvalue weighted by Gasteiger charge is 2.03. The van der Waals surface area contributed by atoms with E-state index >= 15 is 0 Å². The molecule has 0 bridgehead atoms. The second kappa shape index (κ2) is 6.26. The summed E-state index contributed by atoms with van der Waals surface area (Å²) in [5, 5.41) is 10.3. The van der Waals surface area contributed by atoms with Gasteiger partial charge >= 0.3 is 0 Å². The van der Waals surface area contributed by atoms with Gasteiger partial charge in [0.05, 0.1) is 7.11 Å². The monoisotopic (exact) mass is 288 g/mol. The molecule has 0 aliphatic carbocycles. The van der Waals surface area contributed by atoms with Crippen LogP contribution in [0, 0.1) is 0 Å². The van der Waals surface area contributed by atoms with Crippen molar-refractivity contribution in [1.29, 1.82) is 0 Å². The minimum atomic E-state index is -0.163. The zero-order valence-corrected chi connectivity index (χ0v) is 11.6. The molecule has 0 unspecified atom stereocenters. The van der Waals surface area contributed by atoms with Crippen molar-refractivity contribution in [3.8, 4) is 11.5 Å². The lowest BCUT2D eigenvalue weighted by Crippen LogP contribution is -1.93. The molecule has 0 fully saturated rings. The second-order valence-corrected chi connectivity index (χ2v) is 4.57. The van der Waals surface area contributed by atoms with E-state index in [1.54, 1.807) is 49.6 Å². The highest BCUT2D eigenvalue weighted by Crippen LogP contribution is 2.24. The van der Waals surface area contributed by atoms with E-state index in [-0.39, 0.29) is 11.5 Å². The van der Waals surface area contributed by atoms with Gasteiger partial charge in [0, 0.05) is 16.1 Å². The summed E-state index contributed by atoms with van der Waals surface area (Å²) < 4.78 is 5.07. The first-order chi connectivity index (χ1) is 9.60. The molecule has 0 heterocycles. The van der Waals surface area contributed by atoms with Crippen LogP contribution in [0.5, 0.6) is 11.5 Å². The van der Waals surface area contributed by atoms with Crippen molar-refractivity contribution >= 4 is 23.5 Å². The number of ketones is 1. The summed E-state index contributed by atoms with van der Waals surface area (Å²) in [4.78, 5) is 12.0. The molecule has 2 aromatic rings. The van der Waals surface area contributed by atoms with E-state index in [1.165, 1.54) is 12.1 Å². The third-order valence-electron chi connectivity index (χ3n) is 2.78. The molecule has 4 heteroatoms. The Bertz CT molecular complexity index is 645. The molecule has 0 atom stereocenters. The topological polar surface area (TPSA) is 46.5 Å². The van der Waals surface area contributed by atoms with Gasteiger partial charge in [0.15, 0.2) is 5.78 Å². The van der Waals surface area contributed by atoms with Crippen LogP contribution in [0.2, 0.25) is 5.02 Å². The Morgan fingerprint density at radius 1 is 1.20 bits per heavy atom. The zero-order chi connectivity index (χ0) is 14.5. The van der Waals surface area contributed by atoms with Crippen LogP contribution in [0.1, 0.15) is 15.9 Å². The molecule has 0 aromatic heterocycles. The van der Waals surface area contributed by atoms with Gasteiger partial charge in [0.2, 0.25) is 0 Å². The number of hydrogen-bond acceptors (Lipinski definition) is 3. The van der Waals surface area contributed by atoms with Gasteiger partial charge in [-0.25, -0.2) is 0 Å². The standard InChI is InChI=1S/C16H13ClO3/c1-20-14-7-9-16(19)12(10-14)4-8-15(18)11-2-5-13(17)6-3-11/h2-10,19H,1H3/b8-4+. The van der Waals surface area contributed by atoms with Gasteiger partial charge < -0.3 is 9.84 Å². The molecule has 0 radical (unpaired) electrons. The van der Waals surface area contributed by atoms with Crippen molar-refractivity contribution in [3.05, 3.63) is 64.7 Å². The fourth-order valence-corrected chi connectivity index (χ4v) is 1.79. The van der Waals surface area contributed by atoms with Crippen LogP contribution in [0.25, 0.3) is 6.08 Å². The molecular weight excluding hydrogens is 276 g/mol. The van der Waals surface area contributed by atoms with Gasteiger partial charge in [-0.1, -0.05) is 11.6 Å². The quantitative estimate of drug-likeness (QED) is 0.684. The average molecular weight is 289 g/mol. The number of hydrogen-bond donors (Lipinski definition) is 1. The maximum atomic E-state index is 12.0. The Labute approximate surface area is 122 Å². The fourth-order valence-electron chi connectivity index (χ4n) is 1.67. The van der Waals surface area contributed by atoms with Crippen LogP contribution in [0.3, 0.4) is 0 Å². The number of aromatic hydroxyl groups is 1. The maximum absolute atomic E-state index is 12.0. The Morgan fingerprint density at radius 2 is 1.90 bits per heavy atom. The van der Waals surface area contributed by atoms with Gasteiger partial charge in [0.1, 0.15) is 11.5 Å². The highest BCUT2D eigenvalue weighted by molar-refractivity contribution is 6.30. The van der Waals surface area contributed by atoms with Crippen LogP contribution in [-0.4, -0.2) is 18.0 Å². The van der Waals surface area contributed by atoms with Crippen molar-refractivity contribution in [2.75, 3.05) is 7.11 Å². The molecule has 20 heavy (non-hydrogen) atoms. The highest BCUT2D eigenvalue weighted by atomic mass is 35.5. The number of phenolic OH excluding ortho intramolecular Hbond substituents is 1. The predicted octanol–water partition coefficient (Wildman–Crippen LogP) is 3.95. The molecule has 1 N–H and O–H groups in total. The van der Waals surface area contributed by atoms with E-state index in [0.29, 0.717) is 21.9 Å². The number of rotatable bonds is 4. The van der Waals surface area contributed by atoms with Crippen LogP contribution in [-0.2, 0) is 0 Å². The average Bonchev–Trinajstić information content (AvgIpc) is 2.47. The lowest BCUT2D eigenvalue weighted by molar-refractivity contribution is 0.104. The minimum Gasteiger partial charge on any atom is -0.507 e. The third-order valence-corrected chi connectivity index (χ3v) is 3.03. The van der Waals surface area contributed by atoms with Crippen molar-refractivity contribution in [2.24, 2.45) is 0 Å². The SMILES string of the molecule is COc1ccc(O)c(/C=C/C(=O)c2ccc(Cl)cc2)c1. The zero-order valence-electron chi connectivity index (χ0n) is 10.8. The van der Waals surface area contributed by atoms with Crippen LogP contribution < -0.4 is 4.74 Å². The Balaban J connectivity index is 2.20. The Kier molecular flexibility index (Phi) is 4.43. The molecule has 2 aromatic carbocycles. The normalized spacial score (nSPS) is 10.7. The smallest absolute Gasteiger partial charge is 0.185 e. The van der Waals surface area contributed by atoms with Crippen molar-refractivity contribution in [3.63, 3.8) is 0 Å². The van der Waals surface area contributed by atoms with Crippen LogP contribution >= 0.6 is 11.6 Å². The molecule has 0 saturated heterocycles. The summed E-state index contributed by atoms with van der Waals surface area (Å²) in [5.74, 6) is 0.538. The van der Waals surface area contributed by atoms with Crippen molar-refractivity contribution in [1.82, 2.24) is 0 Å². The van der Waals surface area contributed by atoms with E-state index in [1.807, 2.05) is 0 Å². The summed E-state index contributed by atoms with van der Waals surface area (Å²) >= 11 is 5.77. The first-order valence-electron chi connectivity index (χ1n) is 5.95. The van der Waals surface area contributed by atoms with Gasteiger partial charge in [-0.15, -0.1) is 0 Å². The van der Waals surface area contributed by atoms with Crippen molar-refractivity contribution < 1.29 is 14.6 Å². The molecule has 0 saturated carbocycles. The summed E-state index contributed by atoms with van der Waals surface area (Å²) in [6.07, 6.45) is 2.95. The third kappa shape index (κ3) is 3.39. The summed E-state index contributed by atoms with van der Waals surface area (Å²) in [6, 6.07) is 11.4. The molecule has 0 aliphatic rings. The van der Waals surface area contributed by atoms with Crippen molar-refractivity contribution in [2.45, 2.75) is 0 Å². The van der Waals surface area contributed by atoms with E-state index in [0.717, 1.165) is 0 Å². The van der Waals surface area contributed by atoms with Gasteiger partial charge in [-0.05, 0) is 54.6 Å². The fraction of sp³-hybridized carbons (Fsp3) is 0.0625. The Hall–Kier alpha value is -2.26. The van der Waals surface area contributed by atoms with Gasteiger partial charge in [-0.3, -0.25) is 4.79 Å². The number of carbonyl (C=O) groups is 1. The molecule has 3 nitrogen and oxygen atoms in total. The van der Waals surface area contributed by atoms with E-state index in [2.05, 4.69) is 0 Å².